The second-order valence-corrected chi connectivity index (χ2v) is 7.44. The summed E-state index contributed by atoms with van der Waals surface area (Å²) in [6, 6.07) is 20.0. The summed E-state index contributed by atoms with van der Waals surface area (Å²) >= 11 is 0. The van der Waals surface area contributed by atoms with Crippen molar-refractivity contribution in [2.24, 2.45) is 0 Å². The molecule has 0 bridgehead atoms. The van der Waals surface area contributed by atoms with E-state index in [1.165, 1.54) is 0 Å². The van der Waals surface area contributed by atoms with Crippen LogP contribution in [0.25, 0.3) is 11.0 Å². The molecule has 1 amide bonds. The number of aryl methyl sites for hydroxylation is 1. The number of pyridine rings is 1. The standard InChI is InChI=1S/C25H20N8O/c1-16-29-23(15-24(30-16)33-22-4-2-3-11-28-22)31-18-6-8-19(9-7-18)32-25(34)17-5-10-20-21(14-17)27-13-12-26-20/h2-15H,1H3,(H,32,34)(H2,28,29,30,31,33). The van der Waals surface area contributed by atoms with Gasteiger partial charge in [0.2, 0.25) is 0 Å². The fourth-order valence-electron chi connectivity index (χ4n) is 3.36. The molecule has 0 saturated heterocycles. The molecule has 0 fully saturated rings. The van der Waals surface area contributed by atoms with E-state index >= 15 is 0 Å². The Bertz CT molecular complexity index is 1460. The van der Waals surface area contributed by atoms with Gasteiger partial charge in [0.1, 0.15) is 23.3 Å². The van der Waals surface area contributed by atoms with E-state index in [0.717, 1.165) is 11.2 Å². The third-order valence-electron chi connectivity index (χ3n) is 4.91. The van der Waals surface area contributed by atoms with Gasteiger partial charge in [0.15, 0.2) is 0 Å². The van der Waals surface area contributed by atoms with Gasteiger partial charge in [-0.1, -0.05) is 6.07 Å². The van der Waals surface area contributed by atoms with Crippen molar-refractivity contribution in [3.05, 3.63) is 96.7 Å². The number of carbonyl (C=O) groups is 1. The zero-order chi connectivity index (χ0) is 23.3. The zero-order valence-corrected chi connectivity index (χ0v) is 18.2. The third-order valence-corrected chi connectivity index (χ3v) is 4.91. The van der Waals surface area contributed by atoms with Crippen LogP contribution >= 0.6 is 0 Å². The van der Waals surface area contributed by atoms with Gasteiger partial charge in [-0.15, -0.1) is 0 Å². The van der Waals surface area contributed by atoms with Crippen molar-refractivity contribution in [1.29, 1.82) is 0 Å². The lowest BCUT2D eigenvalue weighted by Gasteiger charge is -2.11. The van der Waals surface area contributed by atoms with Crippen LogP contribution in [0.4, 0.5) is 28.8 Å². The lowest BCUT2D eigenvalue weighted by molar-refractivity contribution is 0.102. The number of nitrogens with one attached hydrogen (secondary N) is 3. The minimum absolute atomic E-state index is 0.218. The molecule has 0 aliphatic rings. The summed E-state index contributed by atoms with van der Waals surface area (Å²) in [4.78, 5) is 34.2. The first-order chi connectivity index (χ1) is 16.6. The molecular weight excluding hydrogens is 428 g/mol. The Kier molecular flexibility index (Phi) is 5.73. The normalized spacial score (nSPS) is 10.6. The number of fused-ring (bicyclic) bond motifs is 1. The predicted molar refractivity (Wildman–Crippen MR) is 132 cm³/mol. The van der Waals surface area contributed by atoms with Crippen LogP contribution < -0.4 is 16.0 Å². The van der Waals surface area contributed by atoms with Crippen molar-refractivity contribution in [2.75, 3.05) is 16.0 Å². The van der Waals surface area contributed by atoms with Gasteiger partial charge in [0, 0.05) is 41.6 Å². The van der Waals surface area contributed by atoms with Crippen LogP contribution in [0.2, 0.25) is 0 Å². The second kappa shape index (κ2) is 9.29. The number of carbonyl (C=O) groups excluding carboxylic acids is 1. The van der Waals surface area contributed by atoms with Gasteiger partial charge in [-0.25, -0.2) is 15.0 Å². The summed E-state index contributed by atoms with van der Waals surface area (Å²) in [6.45, 7) is 1.83. The molecule has 9 heteroatoms. The van der Waals surface area contributed by atoms with Crippen molar-refractivity contribution in [2.45, 2.75) is 6.92 Å². The highest BCUT2D eigenvalue weighted by molar-refractivity contribution is 6.05. The molecular formula is C25H20N8O. The maximum atomic E-state index is 12.7. The molecule has 0 aliphatic carbocycles. The highest BCUT2D eigenvalue weighted by atomic mass is 16.1. The van der Waals surface area contributed by atoms with Crippen molar-refractivity contribution < 1.29 is 4.79 Å². The van der Waals surface area contributed by atoms with E-state index in [1.807, 2.05) is 49.4 Å². The quantitative estimate of drug-likeness (QED) is 0.337. The molecule has 0 atom stereocenters. The molecule has 0 saturated carbocycles. The van der Waals surface area contributed by atoms with Gasteiger partial charge in [-0.05, 0) is 61.5 Å². The molecule has 34 heavy (non-hydrogen) atoms. The highest BCUT2D eigenvalue weighted by Crippen LogP contribution is 2.21. The first-order valence-electron chi connectivity index (χ1n) is 10.6. The summed E-state index contributed by atoms with van der Waals surface area (Å²) < 4.78 is 0. The lowest BCUT2D eigenvalue weighted by Crippen LogP contribution is -2.11. The van der Waals surface area contributed by atoms with Crippen LogP contribution in [0.5, 0.6) is 0 Å². The molecule has 3 N–H and O–H groups in total. The summed E-state index contributed by atoms with van der Waals surface area (Å²) in [5, 5.41) is 9.34. The number of amides is 1. The molecule has 5 rings (SSSR count). The average molecular weight is 448 g/mol. The maximum Gasteiger partial charge on any atom is 0.255 e. The predicted octanol–water partition coefficient (Wildman–Crippen LogP) is 4.86. The number of hydrogen-bond acceptors (Lipinski definition) is 8. The van der Waals surface area contributed by atoms with Crippen molar-refractivity contribution >= 4 is 45.8 Å². The Morgan fingerprint density at radius 2 is 1.41 bits per heavy atom. The van der Waals surface area contributed by atoms with Crippen LogP contribution in [0.3, 0.4) is 0 Å². The number of rotatable bonds is 6. The second-order valence-electron chi connectivity index (χ2n) is 7.44. The van der Waals surface area contributed by atoms with Crippen molar-refractivity contribution in [1.82, 2.24) is 24.9 Å². The molecule has 5 aromatic rings. The Morgan fingerprint density at radius 3 is 2.18 bits per heavy atom. The van der Waals surface area contributed by atoms with E-state index in [2.05, 4.69) is 40.9 Å². The van der Waals surface area contributed by atoms with Gasteiger partial charge >= 0.3 is 0 Å². The molecule has 3 heterocycles. The monoisotopic (exact) mass is 448 g/mol. The largest absolute Gasteiger partial charge is 0.340 e. The summed E-state index contributed by atoms with van der Waals surface area (Å²) in [5.41, 5.74) is 3.42. The van der Waals surface area contributed by atoms with Crippen LogP contribution in [0.15, 0.2) is 85.3 Å². The van der Waals surface area contributed by atoms with E-state index in [-0.39, 0.29) is 5.91 Å². The van der Waals surface area contributed by atoms with Crippen LogP contribution in [-0.4, -0.2) is 30.8 Å². The van der Waals surface area contributed by atoms with Gasteiger partial charge in [0.05, 0.1) is 11.0 Å². The maximum absolute atomic E-state index is 12.7. The van der Waals surface area contributed by atoms with E-state index in [4.69, 9.17) is 0 Å². The van der Waals surface area contributed by atoms with Gasteiger partial charge < -0.3 is 16.0 Å². The lowest BCUT2D eigenvalue weighted by atomic mass is 10.1. The smallest absolute Gasteiger partial charge is 0.255 e. The van der Waals surface area contributed by atoms with E-state index in [0.29, 0.717) is 40.0 Å². The van der Waals surface area contributed by atoms with E-state index < -0.39 is 0 Å². The Morgan fingerprint density at radius 1 is 0.676 bits per heavy atom. The van der Waals surface area contributed by atoms with Crippen LogP contribution in [0, 0.1) is 6.92 Å². The molecule has 0 radical (unpaired) electrons. The van der Waals surface area contributed by atoms with Gasteiger partial charge in [0.25, 0.3) is 5.91 Å². The molecule has 0 unspecified atom stereocenters. The van der Waals surface area contributed by atoms with Gasteiger partial charge in [-0.3, -0.25) is 14.8 Å². The molecule has 0 aliphatic heterocycles. The first-order valence-corrected chi connectivity index (χ1v) is 10.6. The minimum atomic E-state index is -0.218. The number of hydrogen-bond donors (Lipinski definition) is 3. The minimum Gasteiger partial charge on any atom is -0.340 e. The number of anilines is 5. The zero-order valence-electron chi connectivity index (χ0n) is 18.2. The van der Waals surface area contributed by atoms with Crippen LogP contribution in [0.1, 0.15) is 16.2 Å². The SMILES string of the molecule is Cc1nc(Nc2ccc(NC(=O)c3ccc4nccnc4c3)cc2)cc(Nc2ccccn2)n1. The van der Waals surface area contributed by atoms with E-state index in [9.17, 15) is 4.79 Å². The Labute approximate surface area is 195 Å². The summed E-state index contributed by atoms with van der Waals surface area (Å²) in [6.07, 6.45) is 4.94. The number of nitrogens with zero attached hydrogens (tertiary/aromatic N) is 5. The summed E-state index contributed by atoms with van der Waals surface area (Å²) in [7, 11) is 0. The highest BCUT2D eigenvalue weighted by Gasteiger charge is 2.09. The topological polar surface area (TPSA) is 118 Å². The molecule has 2 aromatic carbocycles. The fraction of sp³-hybridized carbons (Fsp3) is 0.0400. The average Bonchev–Trinajstić information content (AvgIpc) is 2.85. The fourth-order valence-corrected chi connectivity index (χ4v) is 3.36. The third kappa shape index (κ3) is 4.94. The van der Waals surface area contributed by atoms with Crippen molar-refractivity contribution in [3.63, 3.8) is 0 Å². The Hall–Kier alpha value is -4.92. The van der Waals surface area contributed by atoms with Crippen molar-refractivity contribution in [3.8, 4) is 0 Å². The molecule has 9 nitrogen and oxygen atoms in total. The number of aromatic nitrogens is 5. The van der Waals surface area contributed by atoms with Gasteiger partial charge in [-0.2, -0.15) is 0 Å². The summed E-state index contributed by atoms with van der Waals surface area (Å²) in [5.74, 6) is 2.38. The molecule has 166 valence electrons. The molecule has 3 aromatic heterocycles. The Balaban J connectivity index is 1.26. The first kappa shape index (κ1) is 21.0. The molecule has 0 spiro atoms. The van der Waals surface area contributed by atoms with Crippen LogP contribution in [-0.2, 0) is 0 Å². The number of benzene rings is 2. The van der Waals surface area contributed by atoms with E-state index in [1.54, 1.807) is 42.9 Å².